The Morgan fingerprint density at radius 1 is 1.43 bits per heavy atom. The van der Waals surface area contributed by atoms with Crippen molar-refractivity contribution in [2.75, 3.05) is 20.8 Å². The molecule has 1 amide bonds. The average Bonchev–Trinajstić information content (AvgIpc) is 3.05. The molecule has 0 saturated carbocycles. The topological polar surface area (TPSA) is 122 Å². The Balaban J connectivity index is 2.23. The van der Waals surface area contributed by atoms with Crippen LogP contribution in [0.25, 0.3) is 0 Å². The standard InChI is InChI=1S/C11H14N4O6/c1-19-8(16)3-7-9(10(17)20-2)13-14-15(7)5-6-4-12-11(18)21-6/h6H,3-5H2,1-2H3,(H,12,18). The van der Waals surface area contributed by atoms with Crippen molar-refractivity contribution in [3.8, 4) is 0 Å². The number of hydrogen-bond donors (Lipinski definition) is 1. The van der Waals surface area contributed by atoms with Gasteiger partial charge in [0.05, 0.1) is 39.4 Å². The van der Waals surface area contributed by atoms with Gasteiger partial charge in [-0.3, -0.25) is 4.79 Å². The van der Waals surface area contributed by atoms with Crippen LogP contribution in [0, 0.1) is 0 Å². The van der Waals surface area contributed by atoms with E-state index in [1.165, 1.54) is 18.9 Å². The van der Waals surface area contributed by atoms with Crippen molar-refractivity contribution in [2.24, 2.45) is 0 Å². The third-order valence-corrected chi connectivity index (χ3v) is 2.88. The molecule has 1 aromatic rings. The summed E-state index contributed by atoms with van der Waals surface area (Å²) in [6, 6.07) is 0. The molecular weight excluding hydrogens is 284 g/mol. The van der Waals surface area contributed by atoms with Gasteiger partial charge < -0.3 is 19.5 Å². The van der Waals surface area contributed by atoms with E-state index in [0.717, 1.165) is 0 Å². The Bertz CT molecular complexity index is 569. The highest BCUT2D eigenvalue weighted by molar-refractivity contribution is 5.89. The molecule has 0 aromatic carbocycles. The highest BCUT2D eigenvalue weighted by atomic mass is 16.6. The number of methoxy groups -OCH3 is 2. The summed E-state index contributed by atoms with van der Waals surface area (Å²) in [4.78, 5) is 34.0. The van der Waals surface area contributed by atoms with Crippen molar-refractivity contribution in [2.45, 2.75) is 19.1 Å². The number of aromatic nitrogens is 3. The number of carbonyl (C=O) groups is 3. The van der Waals surface area contributed by atoms with E-state index < -0.39 is 24.1 Å². The second kappa shape index (κ2) is 6.20. The first-order valence-electron chi connectivity index (χ1n) is 6.07. The van der Waals surface area contributed by atoms with E-state index in [0.29, 0.717) is 6.54 Å². The Labute approximate surface area is 119 Å². The number of esters is 2. The normalized spacial score (nSPS) is 17.0. The van der Waals surface area contributed by atoms with E-state index in [1.807, 2.05) is 0 Å². The summed E-state index contributed by atoms with van der Waals surface area (Å²) >= 11 is 0. The molecule has 0 radical (unpaired) electrons. The molecule has 10 heteroatoms. The van der Waals surface area contributed by atoms with Crippen LogP contribution < -0.4 is 5.32 Å². The summed E-state index contributed by atoms with van der Waals surface area (Å²) in [6.45, 7) is 0.471. The largest absolute Gasteiger partial charge is 0.469 e. The number of rotatable bonds is 5. The number of amides is 1. The molecule has 1 saturated heterocycles. The van der Waals surface area contributed by atoms with Crippen molar-refractivity contribution >= 4 is 18.0 Å². The number of ether oxygens (including phenoxy) is 3. The van der Waals surface area contributed by atoms with E-state index in [4.69, 9.17) is 4.74 Å². The van der Waals surface area contributed by atoms with Gasteiger partial charge in [0.25, 0.3) is 0 Å². The minimum Gasteiger partial charge on any atom is -0.469 e. The van der Waals surface area contributed by atoms with Crippen molar-refractivity contribution < 1.29 is 28.6 Å². The smallest absolute Gasteiger partial charge is 0.407 e. The van der Waals surface area contributed by atoms with Gasteiger partial charge in [-0.2, -0.15) is 0 Å². The Morgan fingerprint density at radius 3 is 2.76 bits per heavy atom. The minimum absolute atomic E-state index is 0.0693. The summed E-state index contributed by atoms with van der Waals surface area (Å²) in [5.74, 6) is -1.26. The lowest BCUT2D eigenvalue weighted by molar-refractivity contribution is -0.139. The number of nitrogens with zero attached hydrogens (tertiary/aromatic N) is 3. The third-order valence-electron chi connectivity index (χ3n) is 2.88. The molecule has 1 atom stereocenters. The fraction of sp³-hybridized carbons (Fsp3) is 0.545. The van der Waals surface area contributed by atoms with Crippen molar-refractivity contribution in [3.05, 3.63) is 11.4 Å². The molecular formula is C11H14N4O6. The van der Waals surface area contributed by atoms with Crippen molar-refractivity contribution in [3.63, 3.8) is 0 Å². The zero-order valence-corrected chi connectivity index (χ0v) is 11.5. The minimum atomic E-state index is -0.707. The zero-order chi connectivity index (χ0) is 15.4. The van der Waals surface area contributed by atoms with Gasteiger partial charge in [-0.05, 0) is 0 Å². The molecule has 1 N–H and O–H groups in total. The summed E-state index contributed by atoms with van der Waals surface area (Å²) in [5.41, 5.74) is 0.178. The van der Waals surface area contributed by atoms with E-state index in [1.54, 1.807) is 0 Å². The fourth-order valence-electron chi connectivity index (χ4n) is 1.85. The number of alkyl carbamates (subject to hydrolysis) is 1. The molecule has 1 fully saturated rings. The highest BCUT2D eigenvalue weighted by Crippen LogP contribution is 2.12. The van der Waals surface area contributed by atoms with Crippen molar-refractivity contribution in [1.29, 1.82) is 0 Å². The molecule has 0 bridgehead atoms. The lowest BCUT2D eigenvalue weighted by Crippen LogP contribution is -2.24. The molecule has 21 heavy (non-hydrogen) atoms. The monoisotopic (exact) mass is 298 g/mol. The lowest BCUT2D eigenvalue weighted by Gasteiger charge is -2.10. The molecule has 1 aliphatic heterocycles. The van der Waals surface area contributed by atoms with Crippen LogP contribution in [0.5, 0.6) is 0 Å². The molecule has 1 aromatic heterocycles. The third kappa shape index (κ3) is 3.27. The van der Waals surface area contributed by atoms with E-state index in [9.17, 15) is 14.4 Å². The number of hydrogen-bond acceptors (Lipinski definition) is 8. The Hall–Kier alpha value is -2.65. The van der Waals surface area contributed by atoms with Crippen LogP contribution in [0.3, 0.4) is 0 Å². The first kappa shape index (κ1) is 14.8. The van der Waals surface area contributed by atoms with Crippen LogP contribution in [-0.2, 0) is 32.0 Å². The Morgan fingerprint density at radius 2 is 2.19 bits per heavy atom. The van der Waals surface area contributed by atoms with Crippen molar-refractivity contribution in [1.82, 2.24) is 20.3 Å². The molecule has 10 nitrogen and oxygen atoms in total. The second-order valence-corrected chi connectivity index (χ2v) is 4.22. The number of carbonyl (C=O) groups excluding carboxylic acids is 3. The van der Waals surface area contributed by atoms with Gasteiger partial charge in [0, 0.05) is 0 Å². The van der Waals surface area contributed by atoms with E-state index >= 15 is 0 Å². The van der Waals surface area contributed by atoms with Gasteiger partial charge in [-0.15, -0.1) is 5.10 Å². The van der Waals surface area contributed by atoms with Gasteiger partial charge >= 0.3 is 18.0 Å². The molecule has 2 rings (SSSR count). The fourth-order valence-corrected chi connectivity index (χ4v) is 1.85. The quantitative estimate of drug-likeness (QED) is 0.536. The maximum Gasteiger partial charge on any atom is 0.407 e. The second-order valence-electron chi connectivity index (χ2n) is 4.22. The Kier molecular flexibility index (Phi) is 4.36. The van der Waals surface area contributed by atoms with Crippen LogP contribution in [0.15, 0.2) is 0 Å². The predicted molar refractivity (Wildman–Crippen MR) is 65.4 cm³/mol. The maximum atomic E-state index is 11.6. The molecule has 0 aliphatic carbocycles. The molecule has 1 unspecified atom stereocenters. The van der Waals surface area contributed by atoms with E-state index in [-0.39, 0.29) is 24.4 Å². The molecule has 2 heterocycles. The summed E-state index contributed by atoms with van der Waals surface area (Å²) < 4.78 is 15.5. The molecule has 1 aliphatic rings. The average molecular weight is 298 g/mol. The lowest BCUT2D eigenvalue weighted by atomic mass is 10.2. The van der Waals surface area contributed by atoms with Gasteiger partial charge in [0.15, 0.2) is 5.69 Å². The van der Waals surface area contributed by atoms with Gasteiger partial charge in [0.1, 0.15) is 6.10 Å². The van der Waals surface area contributed by atoms with Gasteiger partial charge in [0.2, 0.25) is 0 Å². The SMILES string of the molecule is COC(=O)Cc1c(C(=O)OC)nnn1CC1CNC(=O)O1. The van der Waals surface area contributed by atoms with Crippen LogP contribution in [0.2, 0.25) is 0 Å². The summed E-state index contributed by atoms with van der Waals surface area (Å²) in [6.07, 6.45) is -1.17. The highest BCUT2D eigenvalue weighted by Gasteiger charge is 2.28. The molecule has 114 valence electrons. The van der Waals surface area contributed by atoms with E-state index in [2.05, 4.69) is 25.1 Å². The zero-order valence-electron chi connectivity index (χ0n) is 11.5. The molecule has 0 spiro atoms. The van der Waals surface area contributed by atoms with Crippen LogP contribution in [0.1, 0.15) is 16.2 Å². The van der Waals surface area contributed by atoms with Crippen LogP contribution >= 0.6 is 0 Å². The number of cyclic esters (lactones) is 1. The number of nitrogens with one attached hydrogen (secondary N) is 1. The van der Waals surface area contributed by atoms with Gasteiger partial charge in [-0.25, -0.2) is 14.3 Å². The first-order valence-corrected chi connectivity index (χ1v) is 6.07. The predicted octanol–water partition coefficient (Wildman–Crippen LogP) is -1.11. The maximum absolute atomic E-state index is 11.6. The summed E-state index contributed by atoms with van der Waals surface area (Å²) in [5, 5.41) is 10.0. The first-order chi connectivity index (χ1) is 10.0. The summed E-state index contributed by atoms with van der Waals surface area (Å²) in [7, 11) is 2.43. The van der Waals surface area contributed by atoms with Crippen LogP contribution in [-0.4, -0.2) is 59.9 Å². The van der Waals surface area contributed by atoms with Gasteiger partial charge in [-0.1, -0.05) is 5.21 Å². The van der Waals surface area contributed by atoms with Crippen LogP contribution in [0.4, 0.5) is 4.79 Å².